The lowest BCUT2D eigenvalue weighted by atomic mass is 9.12. The van der Waals surface area contributed by atoms with Gasteiger partial charge in [-0.25, -0.2) is 87.8 Å². The highest BCUT2D eigenvalue weighted by molar-refractivity contribution is 7.20. The summed E-state index contributed by atoms with van der Waals surface area (Å²) in [6.45, 7) is 0.775. The molecule has 0 unspecified atom stereocenters. The minimum atomic E-state index is -7.22. The highest BCUT2D eigenvalue weighted by atomic mass is 19.2. The number of nitriles is 1. The second-order valence-electron chi connectivity index (χ2n) is 13.3. The third-order valence-corrected chi connectivity index (χ3v) is 9.92. The summed E-state index contributed by atoms with van der Waals surface area (Å²) < 4.78 is 296. The van der Waals surface area contributed by atoms with E-state index in [1.54, 1.807) is 0 Å². The van der Waals surface area contributed by atoms with Crippen molar-refractivity contribution in [2.45, 2.75) is 6.54 Å². The first-order chi connectivity index (χ1) is 30.1. The number of hydrogen-bond acceptors (Lipinski definition) is 1. The van der Waals surface area contributed by atoms with E-state index < -0.39 is 144 Å². The Morgan fingerprint density at radius 1 is 0.359 bits per heavy atom. The van der Waals surface area contributed by atoms with Gasteiger partial charge < -0.3 is 0 Å². The summed E-state index contributed by atoms with van der Waals surface area (Å²) in [5, 5.41) is 10.4. The molecule has 0 aliphatic rings. The largest absolute Gasteiger partial charge is 0.230 e. The van der Waals surface area contributed by atoms with E-state index in [0.717, 1.165) is 17.4 Å². The maximum absolute atomic E-state index is 15.4. The third kappa shape index (κ3) is 7.00. The van der Waals surface area contributed by atoms with E-state index >= 15 is 35.1 Å². The summed E-state index contributed by atoms with van der Waals surface area (Å²) >= 11 is 0. The fourth-order valence-corrected chi connectivity index (χ4v) is 7.22. The van der Waals surface area contributed by atoms with Crippen LogP contribution in [0.5, 0.6) is 0 Å². The molecule has 0 aliphatic carbocycles. The topological polar surface area (TPSA) is 27.7 Å². The van der Waals surface area contributed by atoms with E-state index in [0.29, 0.717) is 5.56 Å². The lowest BCUT2D eigenvalue weighted by Gasteiger charge is -2.44. The summed E-state index contributed by atoms with van der Waals surface area (Å²) in [5.41, 5.74) is -11.4. The highest BCUT2D eigenvalue weighted by Gasteiger charge is 2.52. The molecule has 23 heteroatoms. The Kier molecular flexibility index (Phi) is 12.5. The fraction of sp³-hybridized carbons (Fsp3) is 0.0244. The molecule has 1 heterocycles. The average molecular weight is 924 g/mol. The Hall–Kier alpha value is -7.12. The number of para-hydroxylation sites is 1. The van der Waals surface area contributed by atoms with Crippen LogP contribution in [-0.2, 0) is 6.54 Å². The second-order valence-corrected chi connectivity index (χ2v) is 13.3. The predicted octanol–water partition coefficient (Wildman–Crippen LogP) is 8.89. The van der Waals surface area contributed by atoms with Crippen molar-refractivity contribution >= 4 is 38.9 Å². The lowest BCUT2D eigenvalue weighted by molar-refractivity contribution is -0.662. The van der Waals surface area contributed by atoms with E-state index in [4.69, 9.17) is 0 Å². The Bertz CT molecular complexity index is 2710. The highest BCUT2D eigenvalue weighted by Crippen LogP contribution is 2.31. The zero-order chi connectivity index (χ0) is 47.4. The van der Waals surface area contributed by atoms with E-state index in [2.05, 4.69) is 22.8 Å². The molecule has 6 aromatic carbocycles. The normalized spacial score (nSPS) is 11.5. The zero-order valence-electron chi connectivity index (χ0n) is 30.6. The molecule has 0 fully saturated rings. The molecule has 7 aromatic rings. The van der Waals surface area contributed by atoms with Gasteiger partial charge in [-0.15, -0.1) is 21.9 Å². The minimum Gasteiger partial charge on any atom is -0.207 e. The van der Waals surface area contributed by atoms with Crippen LogP contribution in [-0.4, -0.2) is 6.15 Å². The summed E-state index contributed by atoms with van der Waals surface area (Å²) in [4.78, 5) is 0. The Labute approximate surface area is 343 Å². The van der Waals surface area contributed by atoms with Gasteiger partial charge in [0, 0.05) is 17.0 Å². The maximum atomic E-state index is 15.4. The molecular formula is C41H13BF20N2. The number of fused-ring (bicyclic) bond motifs is 1. The zero-order valence-corrected chi connectivity index (χ0v) is 30.6. The van der Waals surface area contributed by atoms with Crippen molar-refractivity contribution < 1.29 is 92.4 Å². The van der Waals surface area contributed by atoms with E-state index in [1.165, 1.54) is 5.56 Å². The first kappa shape index (κ1) is 46.4. The Morgan fingerprint density at radius 3 is 0.969 bits per heavy atom. The van der Waals surface area contributed by atoms with Crippen molar-refractivity contribution in [1.82, 2.24) is 0 Å². The van der Waals surface area contributed by atoms with Crippen molar-refractivity contribution in [1.29, 1.82) is 5.26 Å². The molecule has 2 nitrogen and oxygen atoms in total. The van der Waals surface area contributed by atoms with Crippen molar-refractivity contribution in [3.63, 3.8) is 0 Å². The SMILES string of the molecule is Fc1c(F)c(F)c([B-](c2c(F)c(F)c(F)c(F)c2F)(c2c(F)c(F)c(F)c(F)c2F)c2c(F)c(F)c(F)c(F)c2F)c(F)c1F.N#Cc1cccc2ccc[n+](Cc3ccccc3)c12. The van der Waals surface area contributed by atoms with E-state index in [1.807, 2.05) is 54.7 Å². The maximum Gasteiger partial charge on any atom is 0.230 e. The molecule has 330 valence electrons. The van der Waals surface area contributed by atoms with Gasteiger partial charge in [0.1, 0.15) is 64.3 Å². The quantitative estimate of drug-likeness (QED) is 0.0539. The number of halogens is 20. The Morgan fingerprint density at radius 2 is 0.656 bits per heavy atom. The van der Waals surface area contributed by atoms with Crippen molar-refractivity contribution in [2.75, 3.05) is 0 Å². The van der Waals surface area contributed by atoms with Crippen LogP contribution in [0, 0.1) is 128 Å². The van der Waals surface area contributed by atoms with Gasteiger partial charge in [0.05, 0.1) is 0 Å². The smallest absolute Gasteiger partial charge is 0.207 e. The first-order valence-electron chi connectivity index (χ1n) is 17.2. The number of nitrogens with zero attached hydrogens (tertiary/aromatic N) is 2. The van der Waals surface area contributed by atoms with E-state index in [-0.39, 0.29) is 0 Å². The number of rotatable bonds is 6. The van der Waals surface area contributed by atoms with Gasteiger partial charge in [0.2, 0.25) is 5.52 Å². The molecule has 0 bridgehead atoms. The van der Waals surface area contributed by atoms with Crippen LogP contribution in [0.2, 0.25) is 0 Å². The molecule has 1 aromatic heterocycles. The van der Waals surface area contributed by atoms with Gasteiger partial charge in [-0.1, -0.05) is 36.4 Å². The van der Waals surface area contributed by atoms with Crippen LogP contribution in [0.1, 0.15) is 11.1 Å². The van der Waals surface area contributed by atoms with Crippen LogP contribution >= 0.6 is 0 Å². The molecule has 0 saturated carbocycles. The second kappa shape index (κ2) is 17.2. The van der Waals surface area contributed by atoms with Crippen molar-refractivity contribution in [2.24, 2.45) is 0 Å². The van der Waals surface area contributed by atoms with Gasteiger partial charge in [0.15, 0.2) is 82.5 Å². The van der Waals surface area contributed by atoms with Crippen LogP contribution < -0.4 is 26.4 Å². The number of aromatic nitrogens is 1. The van der Waals surface area contributed by atoms with Crippen LogP contribution in [0.4, 0.5) is 87.8 Å². The van der Waals surface area contributed by atoms with Gasteiger partial charge in [-0.2, -0.15) is 9.83 Å². The summed E-state index contributed by atoms with van der Waals surface area (Å²) in [5.74, 6) is -71.4. The third-order valence-electron chi connectivity index (χ3n) is 9.92. The lowest BCUT2D eigenvalue weighted by Crippen LogP contribution is -2.81. The summed E-state index contributed by atoms with van der Waals surface area (Å²) in [6, 6.07) is 22.4. The predicted molar refractivity (Wildman–Crippen MR) is 184 cm³/mol. The molecule has 7 rings (SSSR count). The van der Waals surface area contributed by atoms with Crippen LogP contribution in [0.3, 0.4) is 0 Å². The van der Waals surface area contributed by atoms with Gasteiger partial charge in [-0.3, -0.25) is 0 Å². The molecule has 64 heavy (non-hydrogen) atoms. The van der Waals surface area contributed by atoms with E-state index in [9.17, 15) is 57.9 Å². The number of hydrogen-bond donors (Lipinski definition) is 0. The molecule has 0 atom stereocenters. The minimum absolute atomic E-state index is 0.717. The Balaban J connectivity index is 0.000000295. The van der Waals surface area contributed by atoms with Crippen molar-refractivity contribution in [3.8, 4) is 6.07 Å². The number of benzene rings is 6. The van der Waals surface area contributed by atoms with Gasteiger partial charge in [-0.05, 0) is 18.2 Å². The number of pyridine rings is 1. The summed E-state index contributed by atoms with van der Waals surface area (Å²) in [7, 11) is 0. The first-order valence-corrected chi connectivity index (χ1v) is 17.2. The molecule has 0 saturated heterocycles. The standard InChI is InChI=1S/C24BF20.C17H13N2/c26-5-1(6(27)14(35)21(42)13(5)34)25(2-7(28)15(36)22(43)16(37)8(2)29,3-9(30)17(38)23(44)18(39)10(3)31)4-11(32)19(40)24(45)20(41)12(4)33;18-12-16-9-4-8-15-10-5-11-19(17(15)16)13-14-6-2-1-3-7-14/h;1-11H,13H2/q-1;+1. The molecule has 0 aliphatic heterocycles. The van der Waals surface area contributed by atoms with Gasteiger partial charge >= 0.3 is 0 Å². The fourth-order valence-electron chi connectivity index (χ4n) is 7.22. The molecule has 0 spiro atoms. The van der Waals surface area contributed by atoms with Gasteiger partial charge in [0.25, 0.3) is 0 Å². The van der Waals surface area contributed by atoms with Crippen LogP contribution in [0.15, 0.2) is 66.9 Å². The summed E-state index contributed by atoms with van der Waals surface area (Å²) in [6.07, 6.45) is -5.19. The average Bonchev–Trinajstić information content (AvgIpc) is 3.29. The molecular weight excluding hydrogens is 911 g/mol. The van der Waals surface area contributed by atoms with Crippen LogP contribution in [0.25, 0.3) is 10.9 Å². The molecule has 0 N–H and O–H groups in total. The molecule has 0 radical (unpaired) electrons. The van der Waals surface area contributed by atoms with Crippen molar-refractivity contribution in [3.05, 3.63) is 194 Å². The molecule has 0 amide bonds. The monoisotopic (exact) mass is 924 g/mol.